The summed E-state index contributed by atoms with van der Waals surface area (Å²) < 4.78 is 43.5. The Bertz CT molecular complexity index is 611. The predicted octanol–water partition coefficient (Wildman–Crippen LogP) is 2.23. The highest BCUT2D eigenvalue weighted by molar-refractivity contribution is 5.80. The molecule has 2 rings (SSSR count). The summed E-state index contributed by atoms with van der Waals surface area (Å²) in [5, 5.41) is 6.04. The number of rotatable bonds is 8. The molecule has 27 heavy (non-hydrogen) atoms. The van der Waals surface area contributed by atoms with Crippen LogP contribution in [0.2, 0.25) is 0 Å². The van der Waals surface area contributed by atoms with Crippen molar-refractivity contribution < 1.29 is 17.9 Å². The van der Waals surface area contributed by atoms with Crippen LogP contribution in [0.5, 0.6) is 0 Å². The molecule has 1 aliphatic heterocycles. The Balaban J connectivity index is 1.85. The summed E-state index contributed by atoms with van der Waals surface area (Å²) >= 11 is 0. The molecule has 0 aromatic carbocycles. The highest BCUT2D eigenvalue weighted by Crippen LogP contribution is 2.27. The van der Waals surface area contributed by atoms with E-state index in [4.69, 9.17) is 4.74 Å². The van der Waals surface area contributed by atoms with E-state index in [0.29, 0.717) is 25.6 Å². The molecule has 1 aliphatic rings. The maximum atomic E-state index is 12.7. The van der Waals surface area contributed by atoms with Crippen LogP contribution >= 0.6 is 0 Å². The number of likely N-dealkylation sites (tertiary alicyclic amines) is 1. The van der Waals surface area contributed by atoms with E-state index in [2.05, 4.69) is 30.5 Å². The lowest BCUT2D eigenvalue weighted by molar-refractivity contribution is -0.141. The molecule has 0 amide bonds. The molecule has 1 fully saturated rings. The highest BCUT2D eigenvalue weighted by Gasteiger charge is 2.32. The molecule has 0 aliphatic carbocycles. The molecular formula is C17H27F3N6O. The number of aromatic nitrogens is 2. The average Bonchev–Trinajstić information content (AvgIpc) is 3.11. The molecule has 1 atom stereocenters. The van der Waals surface area contributed by atoms with Gasteiger partial charge in [-0.3, -0.25) is 4.99 Å². The van der Waals surface area contributed by atoms with Gasteiger partial charge < -0.3 is 20.3 Å². The molecule has 7 nitrogen and oxygen atoms in total. The number of ether oxygens (including phenoxy) is 1. The average molecular weight is 388 g/mol. The van der Waals surface area contributed by atoms with Gasteiger partial charge in [0, 0.05) is 44.9 Å². The predicted molar refractivity (Wildman–Crippen MR) is 97.7 cm³/mol. The minimum Gasteiger partial charge on any atom is -0.381 e. The van der Waals surface area contributed by atoms with Crippen LogP contribution in [0.3, 0.4) is 0 Å². The Labute approximate surface area is 157 Å². The molecule has 0 spiro atoms. The number of nitrogens with one attached hydrogen (secondary N) is 2. The van der Waals surface area contributed by atoms with E-state index in [1.165, 1.54) is 0 Å². The summed E-state index contributed by atoms with van der Waals surface area (Å²) in [6.45, 7) is 8.73. The number of halogens is 3. The summed E-state index contributed by atoms with van der Waals surface area (Å²) in [5.74, 6) is 1.25. The SMILES string of the molecule is CCNC(=NCCNc1nccc(C(F)(F)F)n1)N1CCC(COCC)C1. The van der Waals surface area contributed by atoms with Crippen LogP contribution in [0.1, 0.15) is 26.0 Å². The fourth-order valence-corrected chi connectivity index (χ4v) is 2.80. The van der Waals surface area contributed by atoms with Crippen molar-refractivity contribution in [2.24, 2.45) is 10.9 Å². The van der Waals surface area contributed by atoms with Crippen molar-refractivity contribution in [3.05, 3.63) is 18.0 Å². The fraction of sp³-hybridized carbons (Fsp3) is 0.706. The van der Waals surface area contributed by atoms with Crippen molar-refractivity contribution in [3.63, 3.8) is 0 Å². The van der Waals surface area contributed by atoms with E-state index in [-0.39, 0.29) is 5.95 Å². The van der Waals surface area contributed by atoms with E-state index in [0.717, 1.165) is 50.9 Å². The zero-order valence-corrected chi connectivity index (χ0v) is 15.7. The molecular weight excluding hydrogens is 361 g/mol. The molecule has 1 aromatic heterocycles. The molecule has 2 heterocycles. The zero-order chi connectivity index (χ0) is 19.7. The second-order valence-corrected chi connectivity index (χ2v) is 6.19. The van der Waals surface area contributed by atoms with Crippen LogP contribution in [-0.2, 0) is 10.9 Å². The molecule has 0 saturated carbocycles. The molecule has 0 bridgehead atoms. The standard InChI is InChI=1S/C17H27F3N6O/c1-3-21-16(26-10-6-13(11-26)12-27-4-2)24-9-8-23-15-22-7-5-14(25-15)17(18,19)20/h5,7,13H,3-4,6,8-12H2,1-2H3,(H,21,24)(H,22,23,25). The van der Waals surface area contributed by atoms with Crippen molar-refractivity contribution in [2.45, 2.75) is 26.4 Å². The smallest absolute Gasteiger partial charge is 0.381 e. The third kappa shape index (κ3) is 6.85. The van der Waals surface area contributed by atoms with Crippen molar-refractivity contribution >= 4 is 11.9 Å². The molecule has 1 unspecified atom stereocenters. The first-order valence-electron chi connectivity index (χ1n) is 9.19. The van der Waals surface area contributed by atoms with Gasteiger partial charge in [-0.2, -0.15) is 13.2 Å². The number of hydrogen-bond donors (Lipinski definition) is 2. The zero-order valence-electron chi connectivity index (χ0n) is 15.7. The molecule has 10 heteroatoms. The molecule has 152 valence electrons. The molecule has 0 radical (unpaired) electrons. The Hall–Kier alpha value is -2.10. The second kappa shape index (κ2) is 10.3. The lowest BCUT2D eigenvalue weighted by atomic mass is 10.1. The first-order valence-corrected chi connectivity index (χ1v) is 9.19. The minimum absolute atomic E-state index is 0.0528. The van der Waals surface area contributed by atoms with Crippen molar-refractivity contribution in [2.75, 3.05) is 51.3 Å². The van der Waals surface area contributed by atoms with Gasteiger partial charge in [0.25, 0.3) is 0 Å². The van der Waals surface area contributed by atoms with Crippen LogP contribution in [0.4, 0.5) is 19.1 Å². The molecule has 2 N–H and O–H groups in total. The summed E-state index contributed by atoms with van der Waals surface area (Å²) in [5.41, 5.74) is -0.964. The molecule has 1 aromatic rings. The third-order valence-corrected chi connectivity index (χ3v) is 4.08. The summed E-state index contributed by atoms with van der Waals surface area (Å²) in [6.07, 6.45) is -2.33. The highest BCUT2D eigenvalue weighted by atomic mass is 19.4. The van der Waals surface area contributed by atoms with Gasteiger partial charge in [-0.25, -0.2) is 9.97 Å². The lowest BCUT2D eigenvalue weighted by Crippen LogP contribution is -2.40. The maximum absolute atomic E-state index is 12.7. The largest absolute Gasteiger partial charge is 0.433 e. The van der Waals surface area contributed by atoms with Crippen LogP contribution in [-0.4, -0.2) is 66.8 Å². The van der Waals surface area contributed by atoms with Crippen LogP contribution in [0.15, 0.2) is 17.3 Å². The van der Waals surface area contributed by atoms with E-state index < -0.39 is 11.9 Å². The van der Waals surface area contributed by atoms with Gasteiger partial charge in [-0.15, -0.1) is 0 Å². The van der Waals surface area contributed by atoms with Crippen molar-refractivity contribution in [1.82, 2.24) is 20.2 Å². The van der Waals surface area contributed by atoms with E-state index in [1.807, 2.05) is 13.8 Å². The van der Waals surface area contributed by atoms with Gasteiger partial charge in [0.05, 0.1) is 13.2 Å². The number of nitrogens with zero attached hydrogens (tertiary/aromatic N) is 4. The topological polar surface area (TPSA) is 74.7 Å². The van der Waals surface area contributed by atoms with Crippen LogP contribution in [0.25, 0.3) is 0 Å². The van der Waals surface area contributed by atoms with E-state index in [9.17, 15) is 13.2 Å². The summed E-state index contributed by atoms with van der Waals surface area (Å²) in [4.78, 5) is 14.0. The van der Waals surface area contributed by atoms with Crippen molar-refractivity contribution in [1.29, 1.82) is 0 Å². The summed E-state index contributed by atoms with van der Waals surface area (Å²) in [6, 6.07) is 0.846. The number of anilines is 1. The Morgan fingerprint density at radius 1 is 1.41 bits per heavy atom. The summed E-state index contributed by atoms with van der Waals surface area (Å²) in [7, 11) is 0. The van der Waals surface area contributed by atoms with Gasteiger partial charge in [-0.1, -0.05) is 0 Å². The number of guanidine groups is 1. The normalized spacial score (nSPS) is 18.0. The monoisotopic (exact) mass is 388 g/mol. The number of hydrogen-bond acceptors (Lipinski definition) is 5. The Morgan fingerprint density at radius 2 is 2.22 bits per heavy atom. The van der Waals surface area contributed by atoms with E-state index in [1.54, 1.807) is 0 Å². The lowest BCUT2D eigenvalue weighted by Gasteiger charge is -2.21. The second-order valence-electron chi connectivity index (χ2n) is 6.19. The van der Waals surface area contributed by atoms with E-state index >= 15 is 0 Å². The van der Waals surface area contributed by atoms with Gasteiger partial charge >= 0.3 is 6.18 Å². The van der Waals surface area contributed by atoms with Gasteiger partial charge in [0.2, 0.25) is 5.95 Å². The number of alkyl halides is 3. The van der Waals surface area contributed by atoms with Gasteiger partial charge in [0.1, 0.15) is 5.69 Å². The van der Waals surface area contributed by atoms with Crippen LogP contribution < -0.4 is 10.6 Å². The van der Waals surface area contributed by atoms with Gasteiger partial charge in [0.15, 0.2) is 5.96 Å². The minimum atomic E-state index is -4.48. The Morgan fingerprint density at radius 3 is 2.93 bits per heavy atom. The quantitative estimate of drug-likeness (QED) is 0.404. The maximum Gasteiger partial charge on any atom is 0.433 e. The fourth-order valence-electron chi connectivity index (χ4n) is 2.80. The van der Waals surface area contributed by atoms with Crippen molar-refractivity contribution in [3.8, 4) is 0 Å². The van der Waals surface area contributed by atoms with Crippen LogP contribution in [0, 0.1) is 5.92 Å². The first kappa shape index (κ1) is 21.2. The number of aliphatic imine (C=N–C) groups is 1. The molecule has 1 saturated heterocycles. The Kier molecular flexibility index (Phi) is 8.08. The van der Waals surface area contributed by atoms with Gasteiger partial charge in [-0.05, 0) is 26.3 Å². The first-order chi connectivity index (χ1) is 12.9. The third-order valence-electron chi connectivity index (χ3n) is 4.08.